The summed E-state index contributed by atoms with van der Waals surface area (Å²) in [5.41, 5.74) is 8.66. The minimum Gasteiger partial charge on any atom is -0.490 e. The number of hydrogen-bond acceptors (Lipinski definition) is 9. The van der Waals surface area contributed by atoms with E-state index >= 15 is 0 Å². The van der Waals surface area contributed by atoms with Crippen LogP contribution in [0.5, 0.6) is 11.5 Å². The standard InChI is InChI=1S/C29H34N2O4.C24H26N2O2/c1-29(2,3)35-28(32)31-14-12-26(31)21-34-27-17-25(18-30-19-27)24-11-7-10-22(16-24)13-15-33-20-23-8-5-4-6-9-23;1-2-5-20(6-3-1)17-27-12-10-19-7-4-8-21(13-19)22-14-24(16-25-15-22)28-18-23-9-11-26-23/h4-11,16-19,26H,12-15,20-21H2,1-3H3;1-8,13-16,23,26H,9-12,17-18H2/t26-;23-/m00/s1. The second-order valence-electron chi connectivity index (χ2n) is 17.0. The average molecular weight is 849 g/mol. The van der Waals surface area contributed by atoms with Crippen LogP contribution >= 0.6 is 0 Å². The number of carbonyl (C=O) groups is 1. The van der Waals surface area contributed by atoms with Crippen LogP contribution in [0.15, 0.2) is 146 Å². The van der Waals surface area contributed by atoms with Gasteiger partial charge in [0.1, 0.15) is 30.3 Å². The van der Waals surface area contributed by atoms with Crippen LogP contribution in [-0.4, -0.2) is 78.2 Å². The van der Waals surface area contributed by atoms with Gasteiger partial charge in [-0.1, -0.05) is 109 Å². The zero-order valence-corrected chi connectivity index (χ0v) is 36.8. The molecule has 0 unspecified atom stereocenters. The molecule has 1 N–H and O–H groups in total. The van der Waals surface area contributed by atoms with Gasteiger partial charge in [-0.25, -0.2) is 4.79 Å². The maximum atomic E-state index is 12.3. The van der Waals surface area contributed by atoms with Crippen molar-refractivity contribution in [1.29, 1.82) is 0 Å². The van der Waals surface area contributed by atoms with Gasteiger partial charge < -0.3 is 33.9 Å². The fraction of sp³-hybridized carbons (Fsp3) is 0.340. The summed E-state index contributed by atoms with van der Waals surface area (Å²) >= 11 is 0. The minimum atomic E-state index is -0.501. The minimum absolute atomic E-state index is 0.0210. The summed E-state index contributed by atoms with van der Waals surface area (Å²) in [6.07, 6.45) is 10.7. The highest BCUT2D eigenvalue weighted by Gasteiger charge is 2.35. The topological polar surface area (TPSA) is 104 Å². The number of amides is 1. The van der Waals surface area contributed by atoms with Crippen molar-refractivity contribution in [3.8, 4) is 33.8 Å². The van der Waals surface area contributed by atoms with Crippen LogP contribution in [0.25, 0.3) is 22.3 Å². The Bertz CT molecular complexity index is 2310. The first-order valence-corrected chi connectivity index (χ1v) is 22.0. The molecule has 10 heteroatoms. The van der Waals surface area contributed by atoms with E-state index < -0.39 is 5.60 Å². The highest BCUT2D eigenvalue weighted by Crippen LogP contribution is 2.27. The molecular formula is C53H60N4O6. The highest BCUT2D eigenvalue weighted by atomic mass is 16.6. The van der Waals surface area contributed by atoms with E-state index in [1.807, 2.05) is 75.6 Å². The van der Waals surface area contributed by atoms with Crippen LogP contribution in [-0.2, 0) is 40.3 Å². The Labute approximate surface area is 372 Å². The molecule has 6 aromatic rings. The van der Waals surface area contributed by atoms with Gasteiger partial charge in [0.2, 0.25) is 0 Å². The van der Waals surface area contributed by atoms with Crippen LogP contribution in [0.1, 0.15) is 55.9 Å². The van der Waals surface area contributed by atoms with Crippen LogP contribution in [0.4, 0.5) is 4.79 Å². The van der Waals surface area contributed by atoms with Gasteiger partial charge in [0.25, 0.3) is 0 Å². The van der Waals surface area contributed by atoms with E-state index in [0.29, 0.717) is 58.0 Å². The molecule has 63 heavy (non-hydrogen) atoms. The second kappa shape index (κ2) is 22.9. The van der Waals surface area contributed by atoms with Crippen molar-refractivity contribution in [3.63, 3.8) is 0 Å². The molecule has 0 radical (unpaired) electrons. The van der Waals surface area contributed by atoms with E-state index in [4.69, 9.17) is 23.7 Å². The Kier molecular flexibility index (Phi) is 16.3. The molecule has 4 aromatic carbocycles. The fourth-order valence-electron chi connectivity index (χ4n) is 7.09. The van der Waals surface area contributed by atoms with E-state index in [1.54, 1.807) is 17.3 Å². The van der Waals surface area contributed by atoms with Gasteiger partial charge in [-0.3, -0.25) is 9.97 Å². The smallest absolute Gasteiger partial charge is 0.410 e. The molecule has 0 aliphatic carbocycles. The first kappa shape index (κ1) is 45.0. The lowest BCUT2D eigenvalue weighted by atomic mass is 10.0. The lowest BCUT2D eigenvalue weighted by molar-refractivity contribution is -0.0141. The number of pyridine rings is 2. The Balaban J connectivity index is 0.000000193. The molecule has 2 atom stereocenters. The van der Waals surface area contributed by atoms with E-state index in [2.05, 4.69) is 94.1 Å². The van der Waals surface area contributed by atoms with Crippen LogP contribution < -0.4 is 14.8 Å². The van der Waals surface area contributed by atoms with Gasteiger partial charge in [0.15, 0.2) is 0 Å². The number of benzene rings is 4. The maximum absolute atomic E-state index is 12.3. The second-order valence-corrected chi connectivity index (χ2v) is 17.0. The molecule has 2 aromatic heterocycles. The molecule has 2 aliphatic rings. The summed E-state index contributed by atoms with van der Waals surface area (Å²) in [4.78, 5) is 22.8. The fourth-order valence-corrected chi connectivity index (χ4v) is 7.09. The van der Waals surface area contributed by atoms with E-state index in [0.717, 1.165) is 53.8 Å². The summed E-state index contributed by atoms with van der Waals surface area (Å²) in [6.45, 7) is 11.2. The van der Waals surface area contributed by atoms with Crippen molar-refractivity contribution in [3.05, 3.63) is 168 Å². The number of nitrogens with zero attached hydrogens (tertiary/aromatic N) is 3. The zero-order valence-electron chi connectivity index (χ0n) is 36.8. The molecule has 0 bridgehead atoms. The number of hydrogen-bond donors (Lipinski definition) is 1. The first-order chi connectivity index (χ1) is 30.7. The predicted octanol–water partition coefficient (Wildman–Crippen LogP) is 10.1. The summed E-state index contributed by atoms with van der Waals surface area (Å²) in [6, 6.07) is 42.0. The number of ether oxygens (including phenoxy) is 5. The number of aromatic nitrogens is 2. The normalized spacial score (nSPS) is 15.6. The summed E-state index contributed by atoms with van der Waals surface area (Å²) in [5.74, 6) is 1.51. The lowest BCUT2D eigenvalue weighted by Crippen LogP contribution is -2.55. The lowest BCUT2D eigenvalue weighted by Gasteiger charge is -2.40. The third kappa shape index (κ3) is 14.5. The van der Waals surface area contributed by atoms with E-state index in [9.17, 15) is 4.79 Å². The monoisotopic (exact) mass is 848 g/mol. The van der Waals surface area contributed by atoms with Crippen LogP contribution in [0.3, 0.4) is 0 Å². The molecule has 0 saturated carbocycles. The number of likely N-dealkylation sites (tertiary alicyclic amines) is 1. The van der Waals surface area contributed by atoms with Crippen molar-refractivity contribution in [1.82, 2.24) is 20.2 Å². The molecular weight excluding hydrogens is 789 g/mol. The molecule has 2 aliphatic heterocycles. The summed E-state index contributed by atoms with van der Waals surface area (Å²) < 4.78 is 29.0. The summed E-state index contributed by atoms with van der Waals surface area (Å²) in [7, 11) is 0. The third-order valence-corrected chi connectivity index (χ3v) is 10.8. The van der Waals surface area contributed by atoms with Gasteiger partial charge in [-0.05, 0) is 98.5 Å². The average Bonchev–Trinajstić information content (AvgIpc) is 3.26. The van der Waals surface area contributed by atoms with Gasteiger partial charge in [0.05, 0.1) is 44.9 Å². The van der Waals surface area contributed by atoms with Gasteiger partial charge >= 0.3 is 6.09 Å². The van der Waals surface area contributed by atoms with Crippen molar-refractivity contribution in [2.45, 2.75) is 77.4 Å². The third-order valence-electron chi connectivity index (χ3n) is 10.8. The van der Waals surface area contributed by atoms with Crippen molar-refractivity contribution < 1.29 is 28.5 Å². The van der Waals surface area contributed by atoms with Gasteiger partial charge in [-0.2, -0.15) is 0 Å². The Morgan fingerprint density at radius 1 is 0.619 bits per heavy atom. The first-order valence-electron chi connectivity index (χ1n) is 22.0. The van der Waals surface area contributed by atoms with Crippen molar-refractivity contribution >= 4 is 6.09 Å². The van der Waals surface area contributed by atoms with Crippen LogP contribution in [0.2, 0.25) is 0 Å². The Morgan fingerprint density at radius 3 is 1.59 bits per heavy atom. The molecule has 4 heterocycles. The highest BCUT2D eigenvalue weighted by molar-refractivity contribution is 5.69. The number of carbonyl (C=O) groups excluding carboxylic acids is 1. The summed E-state index contributed by atoms with van der Waals surface area (Å²) in [5, 5.41) is 3.35. The maximum Gasteiger partial charge on any atom is 0.410 e. The SMILES string of the molecule is CC(C)(C)OC(=O)N1CC[C@H]1COc1cncc(-c2cccc(CCOCc3ccccc3)c2)c1.c1ccc(COCCc2cccc(-c3cncc(OC[C@@H]4CCN4)c3)c2)cc1. The van der Waals surface area contributed by atoms with Gasteiger partial charge in [-0.15, -0.1) is 0 Å². The van der Waals surface area contributed by atoms with E-state index in [1.165, 1.54) is 28.7 Å². The number of nitrogens with one attached hydrogen (secondary N) is 1. The Hall–Kier alpha value is -6.07. The van der Waals surface area contributed by atoms with Crippen LogP contribution in [0, 0.1) is 0 Å². The largest absolute Gasteiger partial charge is 0.490 e. The predicted molar refractivity (Wildman–Crippen MR) is 248 cm³/mol. The van der Waals surface area contributed by atoms with E-state index in [-0.39, 0.29) is 12.1 Å². The quantitative estimate of drug-likeness (QED) is 0.0847. The molecule has 2 saturated heterocycles. The van der Waals surface area contributed by atoms with Crippen molar-refractivity contribution in [2.75, 3.05) is 39.5 Å². The molecule has 1 amide bonds. The zero-order chi connectivity index (χ0) is 43.7. The molecule has 2 fully saturated rings. The molecule has 8 rings (SSSR count). The van der Waals surface area contributed by atoms with Crippen molar-refractivity contribution in [2.24, 2.45) is 0 Å². The molecule has 0 spiro atoms. The number of rotatable bonds is 18. The molecule has 10 nitrogen and oxygen atoms in total. The van der Waals surface area contributed by atoms with Gasteiger partial charge in [0, 0.05) is 36.1 Å². The molecule has 328 valence electrons. The Morgan fingerprint density at radius 2 is 1.13 bits per heavy atom.